The number of hydrogen-bond acceptors (Lipinski definition) is 1. The maximum absolute atomic E-state index is 12.6. The summed E-state index contributed by atoms with van der Waals surface area (Å²) in [5.41, 5.74) is 2.11. The first kappa shape index (κ1) is 16.0. The van der Waals surface area contributed by atoms with Gasteiger partial charge in [0.25, 0.3) is 0 Å². The number of carbonyl (C=O) groups is 1. The fourth-order valence-electron chi connectivity index (χ4n) is 3.81. The summed E-state index contributed by atoms with van der Waals surface area (Å²) in [5, 5.41) is 3.12. The molecule has 2 atom stereocenters. The van der Waals surface area contributed by atoms with E-state index in [0.717, 1.165) is 44.2 Å². The van der Waals surface area contributed by atoms with Gasteiger partial charge in [-0.15, -0.1) is 0 Å². The van der Waals surface area contributed by atoms with Gasteiger partial charge in [-0.3, -0.25) is 4.79 Å². The van der Waals surface area contributed by atoms with Gasteiger partial charge in [-0.25, -0.2) is 0 Å². The van der Waals surface area contributed by atoms with Crippen molar-refractivity contribution in [1.82, 2.24) is 0 Å². The van der Waals surface area contributed by atoms with Crippen molar-refractivity contribution in [2.24, 2.45) is 17.8 Å². The number of rotatable bonds is 2. The van der Waals surface area contributed by atoms with E-state index in [-0.39, 0.29) is 11.8 Å². The fourth-order valence-corrected chi connectivity index (χ4v) is 3.81. The molecule has 23 heavy (non-hydrogen) atoms. The third kappa shape index (κ3) is 4.34. The molecule has 0 aliphatic heterocycles. The van der Waals surface area contributed by atoms with Gasteiger partial charge >= 0.3 is 0 Å². The highest BCUT2D eigenvalue weighted by molar-refractivity contribution is 5.94. The normalized spacial score (nSPS) is 30.2. The van der Waals surface area contributed by atoms with Gasteiger partial charge < -0.3 is 5.32 Å². The smallest absolute Gasteiger partial charge is 0.228 e. The van der Waals surface area contributed by atoms with Crippen LogP contribution in [0.15, 0.2) is 48.6 Å². The fraction of sp³-hybridized carbons (Fsp3) is 0.476. The molecule has 122 valence electrons. The quantitative estimate of drug-likeness (QED) is 0.742. The number of benzene rings is 1. The molecule has 1 N–H and O–H groups in total. The van der Waals surface area contributed by atoms with Crippen LogP contribution >= 0.6 is 0 Å². The molecule has 3 rings (SSSR count). The molecule has 2 heteroatoms. The van der Waals surface area contributed by atoms with Crippen molar-refractivity contribution < 1.29 is 4.79 Å². The SMILES string of the molecule is Cc1cccc(NC(=O)C2[C@H]3CC/C=C\CC/C=C\CC[C@H]23)c1. The van der Waals surface area contributed by atoms with Gasteiger partial charge in [0.1, 0.15) is 0 Å². The van der Waals surface area contributed by atoms with Gasteiger partial charge in [0.2, 0.25) is 5.91 Å². The number of allylic oxidation sites excluding steroid dienone is 4. The first-order chi connectivity index (χ1) is 11.3. The molecule has 0 radical (unpaired) electrons. The van der Waals surface area contributed by atoms with E-state index in [9.17, 15) is 4.79 Å². The Morgan fingerprint density at radius 2 is 1.57 bits per heavy atom. The second kappa shape index (κ2) is 7.63. The predicted molar refractivity (Wildman–Crippen MR) is 96.3 cm³/mol. The first-order valence-electron chi connectivity index (χ1n) is 8.93. The van der Waals surface area contributed by atoms with Crippen molar-refractivity contribution in [1.29, 1.82) is 0 Å². The largest absolute Gasteiger partial charge is 0.326 e. The second-order valence-corrected chi connectivity index (χ2v) is 6.89. The minimum Gasteiger partial charge on any atom is -0.326 e. The zero-order valence-corrected chi connectivity index (χ0v) is 14.0. The second-order valence-electron chi connectivity index (χ2n) is 6.89. The first-order valence-corrected chi connectivity index (χ1v) is 8.93. The average Bonchev–Trinajstić information content (AvgIpc) is 3.20. The Hall–Kier alpha value is -1.83. The maximum Gasteiger partial charge on any atom is 0.228 e. The third-order valence-electron chi connectivity index (χ3n) is 5.09. The molecule has 2 aliphatic carbocycles. The molecule has 2 nitrogen and oxygen atoms in total. The van der Waals surface area contributed by atoms with Gasteiger partial charge in [0, 0.05) is 11.6 Å². The summed E-state index contributed by atoms with van der Waals surface area (Å²) in [6, 6.07) is 8.07. The molecule has 2 aliphatic rings. The zero-order valence-electron chi connectivity index (χ0n) is 14.0. The molecular formula is C21H27NO. The lowest BCUT2D eigenvalue weighted by molar-refractivity contribution is -0.117. The van der Waals surface area contributed by atoms with Gasteiger partial charge in [-0.1, -0.05) is 36.4 Å². The van der Waals surface area contributed by atoms with Crippen molar-refractivity contribution >= 4 is 11.6 Å². The highest BCUT2D eigenvalue weighted by atomic mass is 16.2. The van der Waals surface area contributed by atoms with Crippen LogP contribution in [0.2, 0.25) is 0 Å². The lowest BCUT2D eigenvalue weighted by atomic mass is 10.1. The molecule has 1 amide bonds. The van der Waals surface area contributed by atoms with Crippen molar-refractivity contribution in [2.75, 3.05) is 5.32 Å². The lowest BCUT2D eigenvalue weighted by Gasteiger charge is -2.05. The van der Waals surface area contributed by atoms with Crippen LogP contribution in [0.5, 0.6) is 0 Å². The summed E-state index contributed by atoms with van der Waals surface area (Å²) < 4.78 is 0. The van der Waals surface area contributed by atoms with E-state index in [1.54, 1.807) is 0 Å². The monoisotopic (exact) mass is 309 g/mol. The minimum atomic E-state index is 0.207. The van der Waals surface area contributed by atoms with Gasteiger partial charge in [0.05, 0.1) is 0 Å². The summed E-state index contributed by atoms with van der Waals surface area (Å²) in [6.45, 7) is 2.05. The van der Waals surface area contributed by atoms with Crippen LogP contribution in [-0.4, -0.2) is 5.91 Å². The van der Waals surface area contributed by atoms with E-state index < -0.39 is 0 Å². The molecule has 0 spiro atoms. The number of anilines is 1. The van der Waals surface area contributed by atoms with E-state index in [1.165, 1.54) is 5.56 Å². The van der Waals surface area contributed by atoms with Crippen molar-refractivity contribution in [2.45, 2.75) is 45.4 Å². The highest BCUT2D eigenvalue weighted by Crippen LogP contribution is 2.52. The standard InChI is InChI=1S/C21H27NO/c1-16-11-10-12-17(15-16)22-21(23)20-18-13-8-6-4-2-3-5-7-9-14-19(18)20/h4-7,10-12,15,18-20H,2-3,8-9,13-14H2,1H3,(H,22,23)/b6-4-,7-5-/t18-,19-/m0/s1. The van der Waals surface area contributed by atoms with E-state index in [2.05, 4.69) is 42.6 Å². The summed E-state index contributed by atoms with van der Waals surface area (Å²) >= 11 is 0. The molecule has 0 saturated heterocycles. The molecule has 0 heterocycles. The van der Waals surface area contributed by atoms with Crippen LogP contribution in [-0.2, 0) is 4.79 Å². The van der Waals surface area contributed by atoms with Crippen LogP contribution in [0, 0.1) is 24.7 Å². The number of fused-ring (bicyclic) bond motifs is 1. The van der Waals surface area contributed by atoms with E-state index in [0.29, 0.717) is 11.8 Å². The van der Waals surface area contributed by atoms with Crippen LogP contribution in [0.3, 0.4) is 0 Å². The van der Waals surface area contributed by atoms with Crippen LogP contribution in [0.1, 0.15) is 44.1 Å². The topological polar surface area (TPSA) is 29.1 Å². The number of carbonyl (C=O) groups excluding carboxylic acids is 1. The van der Waals surface area contributed by atoms with Crippen LogP contribution in [0.4, 0.5) is 5.69 Å². The average molecular weight is 309 g/mol. The van der Waals surface area contributed by atoms with Crippen molar-refractivity contribution in [3.05, 3.63) is 54.1 Å². The van der Waals surface area contributed by atoms with Gasteiger partial charge in [-0.05, 0) is 75.0 Å². The molecule has 1 aromatic rings. The Kier molecular flexibility index (Phi) is 5.32. The Labute approximate surface area is 139 Å². The molecule has 0 aromatic heterocycles. The Bertz CT molecular complexity index is 578. The Morgan fingerprint density at radius 1 is 0.957 bits per heavy atom. The number of hydrogen-bond donors (Lipinski definition) is 1. The summed E-state index contributed by atoms with van der Waals surface area (Å²) in [6.07, 6.45) is 16.0. The predicted octanol–water partition coefficient (Wildman–Crippen LogP) is 5.26. The summed E-state index contributed by atoms with van der Waals surface area (Å²) in [5.74, 6) is 1.56. The number of amides is 1. The molecule has 1 aromatic carbocycles. The summed E-state index contributed by atoms with van der Waals surface area (Å²) in [7, 11) is 0. The van der Waals surface area contributed by atoms with E-state index in [1.807, 2.05) is 18.2 Å². The Morgan fingerprint density at radius 3 is 2.17 bits per heavy atom. The molecule has 0 unspecified atom stereocenters. The zero-order chi connectivity index (χ0) is 16.1. The molecule has 1 saturated carbocycles. The van der Waals surface area contributed by atoms with E-state index >= 15 is 0 Å². The Balaban J connectivity index is 1.61. The number of aryl methyl sites for hydroxylation is 1. The molecule has 1 fully saturated rings. The van der Waals surface area contributed by atoms with Gasteiger partial charge in [-0.2, -0.15) is 0 Å². The summed E-state index contributed by atoms with van der Waals surface area (Å²) in [4.78, 5) is 12.6. The van der Waals surface area contributed by atoms with E-state index in [4.69, 9.17) is 0 Å². The van der Waals surface area contributed by atoms with Crippen LogP contribution < -0.4 is 5.32 Å². The highest BCUT2D eigenvalue weighted by Gasteiger charge is 2.52. The van der Waals surface area contributed by atoms with Gasteiger partial charge in [0.15, 0.2) is 0 Å². The number of nitrogens with one attached hydrogen (secondary N) is 1. The molecule has 0 bridgehead atoms. The van der Waals surface area contributed by atoms with Crippen LogP contribution in [0.25, 0.3) is 0 Å². The van der Waals surface area contributed by atoms with Crippen molar-refractivity contribution in [3.63, 3.8) is 0 Å². The van der Waals surface area contributed by atoms with Crippen molar-refractivity contribution in [3.8, 4) is 0 Å². The third-order valence-corrected chi connectivity index (χ3v) is 5.09. The lowest BCUT2D eigenvalue weighted by Crippen LogP contribution is -2.15. The molecular weight excluding hydrogens is 282 g/mol. The maximum atomic E-state index is 12.6. The minimum absolute atomic E-state index is 0.207.